The Bertz CT molecular complexity index is 386. The standard InChI is InChI=1S/C20H36O3/c1-4-21-18(2,3)9-5-7-17-8-12-19(15-17)10-6-11-20(16-19)22-13-14-23-20/h17H,4-16H2,1-3H3/t17-,19-/m0/s1. The molecule has 0 bridgehead atoms. The molecule has 0 amide bonds. The third-order valence-corrected chi connectivity index (χ3v) is 6.45. The fourth-order valence-electron chi connectivity index (χ4n) is 5.46. The number of rotatable bonds is 6. The summed E-state index contributed by atoms with van der Waals surface area (Å²) in [6, 6.07) is 0. The van der Waals surface area contributed by atoms with Crippen LogP contribution in [0.4, 0.5) is 0 Å². The lowest BCUT2D eigenvalue weighted by Gasteiger charge is -2.43. The quantitative estimate of drug-likeness (QED) is 0.682. The van der Waals surface area contributed by atoms with Crippen LogP contribution in [0.25, 0.3) is 0 Å². The second kappa shape index (κ2) is 7.01. The molecule has 0 N–H and O–H groups in total. The highest BCUT2D eigenvalue weighted by molar-refractivity contribution is 4.97. The van der Waals surface area contributed by atoms with Crippen LogP contribution >= 0.6 is 0 Å². The zero-order chi connectivity index (χ0) is 16.4. The van der Waals surface area contributed by atoms with Gasteiger partial charge in [-0.2, -0.15) is 0 Å². The van der Waals surface area contributed by atoms with Gasteiger partial charge in [0.15, 0.2) is 5.79 Å². The molecular formula is C20H36O3. The van der Waals surface area contributed by atoms with Gasteiger partial charge in [-0.1, -0.05) is 12.8 Å². The monoisotopic (exact) mass is 324 g/mol. The van der Waals surface area contributed by atoms with Crippen molar-refractivity contribution >= 4 is 0 Å². The zero-order valence-electron chi connectivity index (χ0n) is 15.5. The van der Waals surface area contributed by atoms with Crippen molar-refractivity contribution in [3.05, 3.63) is 0 Å². The fourth-order valence-corrected chi connectivity index (χ4v) is 5.46. The molecule has 2 aliphatic carbocycles. The summed E-state index contributed by atoms with van der Waals surface area (Å²) in [7, 11) is 0. The third kappa shape index (κ3) is 4.29. The van der Waals surface area contributed by atoms with Crippen molar-refractivity contribution in [1.82, 2.24) is 0 Å². The Labute approximate surface area is 142 Å². The van der Waals surface area contributed by atoms with E-state index >= 15 is 0 Å². The van der Waals surface area contributed by atoms with E-state index in [0.717, 1.165) is 38.6 Å². The van der Waals surface area contributed by atoms with E-state index in [1.54, 1.807) is 0 Å². The molecule has 0 radical (unpaired) electrons. The van der Waals surface area contributed by atoms with Crippen LogP contribution in [0.5, 0.6) is 0 Å². The Kier molecular flexibility index (Phi) is 5.40. The van der Waals surface area contributed by atoms with E-state index in [2.05, 4.69) is 20.8 Å². The summed E-state index contributed by atoms with van der Waals surface area (Å²) in [4.78, 5) is 0. The lowest BCUT2D eigenvalue weighted by atomic mass is 9.69. The summed E-state index contributed by atoms with van der Waals surface area (Å²) in [5, 5.41) is 0. The summed E-state index contributed by atoms with van der Waals surface area (Å²) >= 11 is 0. The van der Waals surface area contributed by atoms with Gasteiger partial charge in [-0.25, -0.2) is 0 Å². The van der Waals surface area contributed by atoms with Crippen LogP contribution in [0.1, 0.15) is 85.0 Å². The van der Waals surface area contributed by atoms with Gasteiger partial charge in [0.2, 0.25) is 0 Å². The second-order valence-electron chi connectivity index (χ2n) is 8.83. The topological polar surface area (TPSA) is 27.7 Å². The predicted molar refractivity (Wildman–Crippen MR) is 92.4 cm³/mol. The van der Waals surface area contributed by atoms with E-state index in [4.69, 9.17) is 14.2 Å². The van der Waals surface area contributed by atoms with Crippen molar-refractivity contribution in [3.63, 3.8) is 0 Å². The maximum Gasteiger partial charge on any atom is 0.169 e. The zero-order valence-corrected chi connectivity index (χ0v) is 15.5. The maximum atomic E-state index is 6.02. The molecule has 134 valence electrons. The first-order valence-corrected chi connectivity index (χ1v) is 9.89. The molecule has 1 aliphatic heterocycles. The summed E-state index contributed by atoms with van der Waals surface area (Å²) < 4.78 is 17.9. The first-order chi connectivity index (χ1) is 11.0. The van der Waals surface area contributed by atoms with E-state index < -0.39 is 0 Å². The Balaban J connectivity index is 1.46. The van der Waals surface area contributed by atoms with Gasteiger partial charge < -0.3 is 14.2 Å². The lowest BCUT2D eigenvalue weighted by molar-refractivity contribution is -0.201. The summed E-state index contributed by atoms with van der Waals surface area (Å²) in [6.45, 7) is 8.97. The van der Waals surface area contributed by atoms with Crippen LogP contribution < -0.4 is 0 Å². The molecule has 0 aromatic carbocycles. The van der Waals surface area contributed by atoms with E-state index in [1.165, 1.54) is 51.4 Å². The molecule has 23 heavy (non-hydrogen) atoms. The van der Waals surface area contributed by atoms with Gasteiger partial charge >= 0.3 is 0 Å². The Morgan fingerprint density at radius 3 is 2.65 bits per heavy atom. The van der Waals surface area contributed by atoms with Crippen LogP contribution in [0.2, 0.25) is 0 Å². The number of hydrogen-bond donors (Lipinski definition) is 0. The average molecular weight is 325 g/mol. The van der Waals surface area contributed by atoms with Crippen molar-refractivity contribution in [2.75, 3.05) is 19.8 Å². The summed E-state index contributed by atoms with van der Waals surface area (Å²) in [6.07, 6.45) is 13.0. The van der Waals surface area contributed by atoms with Crippen LogP contribution in [0.15, 0.2) is 0 Å². The van der Waals surface area contributed by atoms with E-state index in [0.29, 0.717) is 5.41 Å². The number of hydrogen-bond acceptors (Lipinski definition) is 3. The van der Waals surface area contributed by atoms with Crippen molar-refractivity contribution in [2.24, 2.45) is 11.3 Å². The van der Waals surface area contributed by atoms with Gasteiger partial charge in [0.05, 0.1) is 18.8 Å². The summed E-state index contributed by atoms with van der Waals surface area (Å²) in [5.41, 5.74) is 0.564. The van der Waals surface area contributed by atoms with Crippen molar-refractivity contribution in [3.8, 4) is 0 Å². The highest BCUT2D eigenvalue weighted by Gasteiger charge is 2.50. The van der Waals surface area contributed by atoms with Crippen LogP contribution in [-0.4, -0.2) is 31.2 Å². The second-order valence-corrected chi connectivity index (χ2v) is 8.83. The van der Waals surface area contributed by atoms with Gasteiger partial charge in [-0.15, -0.1) is 0 Å². The molecule has 2 atom stereocenters. The van der Waals surface area contributed by atoms with Crippen molar-refractivity contribution in [2.45, 2.75) is 96.4 Å². The van der Waals surface area contributed by atoms with Crippen LogP contribution in [-0.2, 0) is 14.2 Å². The lowest BCUT2D eigenvalue weighted by Crippen LogP contribution is -2.41. The largest absolute Gasteiger partial charge is 0.376 e. The Hall–Kier alpha value is -0.120. The first kappa shape index (κ1) is 17.7. The molecular weight excluding hydrogens is 288 g/mol. The van der Waals surface area contributed by atoms with Gasteiger partial charge in [0.25, 0.3) is 0 Å². The predicted octanol–water partition coefficient (Wildman–Crippen LogP) is 5.08. The third-order valence-electron chi connectivity index (χ3n) is 6.45. The molecule has 3 heteroatoms. The number of ether oxygens (including phenoxy) is 3. The molecule has 3 aliphatic rings. The minimum atomic E-state index is -0.204. The van der Waals surface area contributed by atoms with E-state index in [-0.39, 0.29) is 11.4 Å². The van der Waals surface area contributed by atoms with Gasteiger partial charge in [0, 0.05) is 19.4 Å². The van der Waals surface area contributed by atoms with Crippen LogP contribution in [0, 0.1) is 11.3 Å². The maximum absolute atomic E-state index is 6.02. The Morgan fingerprint density at radius 2 is 1.91 bits per heavy atom. The molecule has 3 nitrogen and oxygen atoms in total. The minimum absolute atomic E-state index is 0.0471. The van der Waals surface area contributed by atoms with Crippen molar-refractivity contribution in [1.29, 1.82) is 0 Å². The molecule has 0 aromatic rings. The van der Waals surface area contributed by atoms with Gasteiger partial charge in [0.1, 0.15) is 0 Å². The highest BCUT2D eigenvalue weighted by Crippen LogP contribution is 2.56. The van der Waals surface area contributed by atoms with E-state index in [9.17, 15) is 0 Å². The molecule has 1 saturated heterocycles. The van der Waals surface area contributed by atoms with Gasteiger partial charge in [-0.3, -0.25) is 0 Å². The SMILES string of the molecule is CCOC(C)(C)CCC[C@H]1CC[C@@]2(CCCC3(C2)OCCO3)C1. The first-order valence-electron chi connectivity index (χ1n) is 9.89. The highest BCUT2D eigenvalue weighted by atomic mass is 16.7. The van der Waals surface area contributed by atoms with Crippen molar-refractivity contribution < 1.29 is 14.2 Å². The smallest absolute Gasteiger partial charge is 0.169 e. The van der Waals surface area contributed by atoms with Crippen LogP contribution in [0.3, 0.4) is 0 Å². The Morgan fingerprint density at radius 1 is 1.13 bits per heavy atom. The normalized spacial score (nSPS) is 33.8. The van der Waals surface area contributed by atoms with E-state index in [1.807, 2.05) is 0 Å². The average Bonchev–Trinajstić information content (AvgIpc) is 3.07. The molecule has 3 rings (SSSR count). The molecule has 0 aromatic heterocycles. The molecule has 2 spiro atoms. The molecule has 1 heterocycles. The fraction of sp³-hybridized carbons (Fsp3) is 1.00. The van der Waals surface area contributed by atoms with Gasteiger partial charge in [-0.05, 0) is 70.6 Å². The molecule has 3 fully saturated rings. The minimum Gasteiger partial charge on any atom is -0.376 e. The summed E-state index contributed by atoms with van der Waals surface area (Å²) in [5.74, 6) is 0.702. The molecule has 0 unspecified atom stereocenters. The molecule has 2 saturated carbocycles.